The molecule has 1 saturated heterocycles. The Morgan fingerprint density at radius 2 is 1.78 bits per heavy atom. The maximum atomic E-state index is 12.7. The molecular formula is C17H19N3O3. The van der Waals surface area contributed by atoms with Gasteiger partial charge in [-0.1, -0.05) is 19.1 Å². The highest BCUT2D eigenvalue weighted by Gasteiger charge is 2.34. The van der Waals surface area contributed by atoms with E-state index in [2.05, 4.69) is 6.92 Å². The van der Waals surface area contributed by atoms with Gasteiger partial charge < -0.3 is 4.90 Å². The summed E-state index contributed by atoms with van der Waals surface area (Å²) in [6.07, 6.45) is 2.91. The summed E-state index contributed by atoms with van der Waals surface area (Å²) in [7, 11) is 1.42. The van der Waals surface area contributed by atoms with Gasteiger partial charge in [0.2, 0.25) is 5.91 Å². The Morgan fingerprint density at radius 1 is 1.09 bits per heavy atom. The van der Waals surface area contributed by atoms with E-state index in [4.69, 9.17) is 0 Å². The smallest absolute Gasteiger partial charge is 0.311 e. The zero-order valence-electron chi connectivity index (χ0n) is 13.2. The monoisotopic (exact) mass is 313 g/mol. The van der Waals surface area contributed by atoms with Crippen LogP contribution in [-0.4, -0.2) is 21.6 Å². The molecule has 2 heterocycles. The highest BCUT2D eigenvalue weighted by molar-refractivity contribution is 5.98. The molecule has 1 amide bonds. The molecule has 2 aromatic rings. The number of hydrogen-bond acceptors (Lipinski definition) is 3. The molecule has 1 aliphatic rings. The second-order valence-corrected chi connectivity index (χ2v) is 5.72. The molecule has 0 spiro atoms. The molecule has 1 aromatic heterocycles. The molecule has 1 fully saturated rings. The topological polar surface area (TPSA) is 64.3 Å². The predicted octanol–water partition coefficient (Wildman–Crippen LogP) is 1.09. The number of nitrogens with zero attached hydrogens (tertiary/aromatic N) is 3. The fourth-order valence-electron chi connectivity index (χ4n) is 2.92. The van der Waals surface area contributed by atoms with Crippen LogP contribution in [-0.2, 0) is 18.3 Å². The second-order valence-electron chi connectivity index (χ2n) is 5.72. The minimum absolute atomic E-state index is 0.116. The van der Waals surface area contributed by atoms with Gasteiger partial charge in [-0.15, -0.1) is 0 Å². The summed E-state index contributed by atoms with van der Waals surface area (Å²) in [5.41, 5.74) is 1.22. The lowest BCUT2D eigenvalue weighted by molar-refractivity contribution is -0.119. The molecule has 3 rings (SSSR count). The first-order chi connectivity index (χ1) is 11.0. The van der Waals surface area contributed by atoms with E-state index in [0.717, 1.165) is 16.7 Å². The van der Waals surface area contributed by atoms with Gasteiger partial charge in [0.25, 0.3) is 5.56 Å². The Balaban J connectivity index is 1.91. The quantitative estimate of drug-likeness (QED) is 0.852. The van der Waals surface area contributed by atoms with E-state index in [1.807, 2.05) is 24.3 Å². The lowest BCUT2D eigenvalue weighted by Gasteiger charge is -2.18. The number of aryl methyl sites for hydroxylation is 1. The van der Waals surface area contributed by atoms with Crippen molar-refractivity contribution in [1.82, 2.24) is 9.13 Å². The number of anilines is 1. The largest absolute Gasteiger partial charge is 0.331 e. The molecule has 0 saturated carbocycles. The van der Waals surface area contributed by atoms with Gasteiger partial charge >= 0.3 is 5.69 Å². The lowest BCUT2D eigenvalue weighted by atomic mass is 10.1. The van der Waals surface area contributed by atoms with Crippen molar-refractivity contribution >= 4 is 11.6 Å². The van der Waals surface area contributed by atoms with Crippen LogP contribution < -0.4 is 16.1 Å². The normalized spacial score (nSPS) is 17.7. The minimum Gasteiger partial charge on any atom is -0.311 e. The summed E-state index contributed by atoms with van der Waals surface area (Å²) in [4.78, 5) is 38.1. The zero-order chi connectivity index (χ0) is 16.6. The molecule has 6 nitrogen and oxygen atoms in total. The molecule has 23 heavy (non-hydrogen) atoms. The van der Waals surface area contributed by atoms with E-state index in [1.54, 1.807) is 4.90 Å². The van der Waals surface area contributed by atoms with Crippen molar-refractivity contribution in [2.24, 2.45) is 7.05 Å². The average molecular weight is 313 g/mol. The van der Waals surface area contributed by atoms with Crippen molar-refractivity contribution in [3.8, 4) is 0 Å². The first-order valence-corrected chi connectivity index (χ1v) is 7.71. The van der Waals surface area contributed by atoms with Crippen molar-refractivity contribution in [1.29, 1.82) is 0 Å². The Morgan fingerprint density at radius 3 is 2.43 bits per heavy atom. The minimum atomic E-state index is -0.555. The summed E-state index contributed by atoms with van der Waals surface area (Å²) < 4.78 is 2.37. The maximum absolute atomic E-state index is 12.7. The number of hydrogen-bond donors (Lipinski definition) is 0. The van der Waals surface area contributed by atoms with Crippen LogP contribution >= 0.6 is 0 Å². The average Bonchev–Trinajstić information content (AvgIpc) is 2.94. The number of rotatable bonds is 3. The van der Waals surface area contributed by atoms with Crippen molar-refractivity contribution in [2.75, 3.05) is 11.4 Å². The van der Waals surface area contributed by atoms with Crippen molar-refractivity contribution in [3.63, 3.8) is 0 Å². The highest BCUT2D eigenvalue weighted by atomic mass is 16.2. The lowest BCUT2D eigenvalue weighted by Crippen LogP contribution is -2.40. The molecule has 0 aliphatic carbocycles. The molecule has 0 radical (unpaired) electrons. The van der Waals surface area contributed by atoms with Gasteiger partial charge in [0.1, 0.15) is 6.04 Å². The third-order valence-electron chi connectivity index (χ3n) is 4.39. The zero-order valence-corrected chi connectivity index (χ0v) is 13.2. The number of aromatic nitrogens is 2. The van der Waals surface area contributed by atoms with Crippen LogP contribution in [0.15, 0.2) is 46.1 Å². The number of carbonyl (C=O) groups excluding carboxylic acids is 1. The number of carbonyl (C=O) groups is 1. The molecule has 1 aliphatic heterocycles. The first kappa shape index (κ1) is 15.3. The standard InChI is InChI=1S/C17H19N3O3/c1-3-12-4-6-13(7-5-12)19-10-8-14(16(19)22)20-11-9-15(21)18(2)17(20)23/h4-7,9,11,14H,3,8,10H2,1-2H3. The van der Waals surface area contributed by atoms with Gasteiger partial charge in [-0.25, -0.2) is 4.79 Å². The van der Waals surface area contributed by atoms with Crippen LogP contribution in [0.5, 0.6) is 0 Å². The van der Waals surface area contributed by atoms with Crippen LogP contribution in [0.4, 0.5) is 5.69 Å². The molecule has 0 bridgehead atoms. The summed E-state index contributed by atoms with van der Waals surface area (Å²) >= 11 is 0. The molecule has 1 aromatic carbocycles. The third kappa shape index (κ3) is 2.60. The van der Waals surface area contributed by atoms with Crippen molar-refractivity contribution in [3.05, 3.63) is 62.9 Å². The van der Waals surface area contributed by atoms with Crippen LogP contribution in [0.3, 0.4) is 0 Å². The van der Waals surface area contributed by atoms with Crippen molar-refractivity contribution in [2.45, 2.75) is 25.8 Å². The second kappa shape index (κ2) is 5.87. The molecule has 120 valence electrons. The van der Waals surface area contributed by atoms with Gasteiger partial charge in [-0.05, 0) is 30.5 Å². The SMILES string of the molecule is CCc1ccc(N2CCC(n3ccc(=O)n(C)c3=O)C2=O)cc1. The van der Waals surface area contributed by atoms with E-state index >= 15 is 0 Å². The summed E-state index contributed by atoms with van der Waals surface area (Å²) in [6.45, 7) is 2.64. The van der Waals surface area contributed by atoms with Gasteiger partial charge in [0.05, 0.1) is 0 Å². The number of amides is 1. The molecule has 0 N–H and O–H groups in total. The van der Waals surface area contributed by atoms with E-state index in [9.17, 15) is 14.4 Å². The Hall–Kier alpha value is -2.63. The predicted molar refractivity (Wildman–Crippen MR) is 87.8 cm³/mol. The van der Waals surface area contributed by atoms with Gasteiger partial charge in [-0.2, -0.15) is 0 Å². The van der Waals surface area contributed by atoms with E-state index in [1.165, 1.54) is 29.4 Å². The summed E-state index contributed by atoms with van der Waals surface area (Å²) in [5.74, 6) is -0.116. The molecular weight excluding hydrogens is 294 g/mol. The summed E-state index contributed by atoms with van der Waals surface area (Å²) in [5, 5.41) is 0. The third-order valence-corrected chi connectivity index (χ3v) is 4.39. The maximum Gasteiger partial charge on any atom is 0.331 e. The summed E-state index contributed by atoms with van der Waals surface area (Å²) in [6, 6.07) is 8.64. The van der Waals surface area contributed by atoms with Gasteiger partial charge in [-0.3, -0.25) is 18.7 Å². The Labute approximate surface area is 133 Å². The molecule has 1 atom stereocenters. The Bertz CT molecular complexity index is 849. The molecule has 1 unspecified atom stereocenters. The first-order valence-electron chi connectivity index (χ1n) is 7.71. The van der Waals surface area contributed by atoms with Crippen molar-refractivity contribution < 1.29 is 4.79 Å². The highest BCUT2D eigenvalue weighted by Crippen LogP contribution is 2.27. The van der Waals surface area contributed by atoms with Gasteiger partial charge in [0.15, 0.2) is 0 Å². The van der Waals surface area contributed by atoms with Gasteiger partial charge in [0, 0.05) is 31.5 Å². The van der Waals surface area contributed by atoms with E-state index in [0.29, 0.717) is 13.0 Å². The number of benzene rings is 1. The van der Waals surface area contributed by atoms with Crippen LogP contribution in [0.1, 0.15) is 24.9 Å². The van der Waals surface area contributed by atoms with E-state index in [-0.39, 0.29) is 11.5 Å². The van der Waals surface area contributed by atoms with E-state index < -0.39 is 11.7 Å². The fourth-order valence-corrected chi connectivity index (χ4v) is 2.92. The van der Waals surface area contributed by atoms with Crippen LogP contribution in [0.25, 0.3) is 0 Å². The molecule has 6 heteroatoms. The fraction of sp³-hybridized carbons (Fsp3) is 0.353. The van der Waals surface area contributed by atoms with Crippen LogP contribution in [0, 0.1) is 0 Å². The van der Waals surface area contributed by atoms with Crippen LogP contribution in [0.2, 0.25) is 0 Å². The Kier molecular flexibility index (Phi) is 3.90.